The number of hydrogen-bond donors (Lipinski definition) is 0. The molecule has 11 heavy (non-hydrogen) atoms. The van der Waals surface area contributed by atoms with Crippen molar-refractivity contribution in [3.63, 3.8) is 0 Å². The largest absolute Gasteiger partial charge is 0.257 e. The quantitative estimate of drug-likeness (QED) is 0.570. The van der Waals surface area contributed by atoms with Gasteiger partial charge in [-0.2, -0.15) is 9.65 Å². The fourth-order valence-corrected chi connectivity index (χ4v) is 0.623. The van der Waals surface area contributed by atoms with Crippen molar-refractivity contribution in [1.29, 1.82) is 5.26 Å². The standard InChI is InChI=1S/C8H5FN2/c9-7(6-10)5-8-3-1-2-4-11-8/h1-5H/b7-5+. The van der Waals surface area contributed by atoms with Crippen LogP contribution in [0.3, 0.4) is 0 Å². The molecule has 0 unspecified atom stereocenters. The Morgan fingerprint density at radius 2 is 2.45 bits per heavy atom. The van der Waals surface area contributed by atoms with Crippen molar-refractivity contribution in [2.75, 3.05) is 0 Å². The van der Waals surface area contributed by atoms with Crippen LogP contribution < -0.4 is 0 Å². The highest BCUT2D eigenvalue weighted by molar-refractivity contribution is 5.50. The summed E-state index contributed by atoms with van der Waals surface area (Å²) >= 11 is 0. The Morgan fingerprint density at radius 1 is 1.64 bits per heavy atom. The Labute approximate surface area is 63.6 Å². The second kappa shape index (κ2) is 3.47. The first-order valence-electron chi connectivity index (χ1n) is 3.01. The average molecular weight is 148 g/mol. The zero-order valence-corrected chi connectivity index (χ0v) is 5.66. The van der Waals surface area contributed by atoms with Gasteiger partial charge in [0.1, 0.15) is 6.07 Å². The van der Waals surface area contributed by atoms with Gasteiger partial charge in [0.15, 0.2) is 0 Å². The summed E-state index contributed by atoms with van der Waals surface area (Å²) in [5.41, 5.74) is 0.451. The van der Waals surface area contributed by atoms with Gasteiger partial charge in [-0.1, -0.05) is 6.07 Å². The van der Waals surface area contributed by atoms with Gasteiger partial charge in [0.05, 0.1) is 5.69 Å². The molecule has 0 aliphatic rings. The molecule has 0 N–H and O–H groups in total. The van der Waals surface area contributed by atoms with E-state index in [-0.39, 0.29) is 0 Å². The molecule has 0 radical (unpaired) electrons. The summed E-state index contributed by atoms with van der Waals surface area (Å²) in [4.78, 5) is 3.80. The Kier molecular flexibility index (Phi) is 2.34. The van der Waals surface area contributed by atoms with E-state index >= 15 is 0 Å². The van der Waals surface area contributed by atoms with Gasteiger partial charge in [0.2, 0.25) is 5.83 Å². The van der Waals surface area contributed by atoms with E-state index in [4.69, 9.17) is 5.26 Å². The molecular weight excluding hydrogens is 143 g/mol. The van der Waals surface area contributed by atoms with Crippen molar-refractivity contribution in [2.24, 2.45) is 0 Å². The molecule has 0 saturated heterocycles. The number of rotatable bonds is 1. The molecule has 0 aliphatic carbocycles. The van der Waals surface area contributed by atoms with Crippen LogP contribution >= 0.6 is 0 Å². The zero-order valence-electron chi connectivity index (χ0n) is 5.66. The number of allylic oxidation sites excluding steroid dienone is 1. The van der Waals surface area contributed by atoms with Crippen LogP contribution in [-0.4, -0.2) is 4.98 Å². The Bertz CT molecular complexity index is 298. The summed E-state index contributed by atoms with van der Waals surface area (Å²) < 4.78 is 12.3. The fraction of sp³-hybridized carbons (Fsp3) is 0. The van der Waals surface area contributed by atoms with Gasteiger partial charge in [0.25, 0.3) is 0 Å². The van der Waals surface area contributed by atoms with Gasteiger partial charge in [-0.25, -0.2) is 0 Å². The Morgan fingerprint density at radius 3 is 3.00 bits per heavy atom. The molecule has 0 spiro atoms. The predicted molar refractivity (Wildman–Crippen MR) is 38.9 cm³/mol. The molecule has 0 aromatic carbocycles. The van der Waals surface area contributed by atoms with Crippen LogP contribution in [0.5, 0.6) is 0 Å². The monoisotopic (exact) mass is 148 g/mol. The van der Waals surface area contributed by atoms with Gasteiger partial charge >= 0.3 is 0 Å². The molecule has 0 bridgehead atoms. The average Bonchev–Trinajstić information content (AvgIpc) is 2.06. The smallest absolute Gasteiger partial charge is 0.202 e. The molecule has 1 heterocycles. The summed E-state index contributed by atoms with van der Waals surface area (Å²) in [6.07, 6.45) is 2.62. The summed E-state index contributed by atoms with van der Waals surface area (Å²) in [5.74, 6) is -0.830. The highest BCUT2D eigenvalue weighted by atomic mass is 19.1. The third-order valence-corrected chi connectivity index (χ3v) is 1.07. The number of hydrogen-bond acceptors (Lipinski definition) is 2. The minimum absolute atomic E-state index is 0.451. The topological polar surface area (TPSA) is 36.7 Å². The second-order valence-electron chi connectivity index (χ2n) is 1.86. The third kappa shape index (κ3) is 2.18. The molecule has 3 heteroatoms. The lowest BCUT2D eigenvalue weighted by Crippen LogP contribution is -1.77. The highest BCUT2D eigenvalue weighted by Gasteiger charge is 1.91. The maximum absolute atomic E-state index is 12.3. The van der Waals surface area contributed by atoms with E-state index in [0.29, 0.717) is 5.69 Å². The van der Waals surface area contributed by atoms with E-state index < -0.39 is 5.83 Å². The van der Waals surface area contributed by atoms with Crippen molar-refractivity contribution in [3.8, 4) is 6.07 Å². The normalized spacial score (nSPS) is 10.7. The summed E-state index contributed by atoms with van der Waals surface area (Å²) in [6, 6.07) is 6.44. The lowest BCUT2D eigenvalue weighted by Gasteiger charge is -1.87. The van der Waals surface area contributed by atoms with Gasteiger partial charge < -0.3 is 0 Å². The first-order chi connectivity index (χ1) is 5.33. The van der Waals surface area contributed by atoms with Crippen molar-refractivity contribution < 1.29 is 4.39 Å². The summed E-state index contributed by atoms with van der Waals surface area (Å²) in [6.45, 7) is 0. The van der Waals surface area contributed by atoms with Gasteiger partial charge in [-0.15, -0.1) is 0 Å². The van der Waals surface area contributed by atoms with E-state index in [1.807, 2.05) is 0 Å². The number of pyridine rings is 1. The number of nitrogens with zero attached hydrogens (tertiary/aromatic N) is 2. The molecule has 1 aromatic heterocycles. The first-order valence-corrected chi connectivity index (χ1v) is 3.01. The van der Waals surface area contributed by atoms with Crippen molar-refractivity contribution >= 4 is 6.08 Å². The molecule has 0 amide bonds. The molecular formula is C8H5FN2. The number of aromatic nitrogens is 1. The number of halogens is 1. The third-order valence-electron chi connectivity index (χ3n) is 1.07. The second-order valence-corrected chi connectivity index (χ2v) is 1.86. The van der Waals surface area contributed by atoms with Crippen molar-refractivity contribution in [2.45, 2.75) is 0 Å². The zero-order chi connectivity index (χ0) is 8.10. The van der Waals surface area contributed by atoms with Crippen LogP contribution in [0.15, 0.2) is 30.2 Å². The Balaban J connectivity index is 2.90. The van der Waals surface area contributed by atoms with Crippen LogP contribution in [0.1, 0.15) is 5.69 Å². The maximum atomic E-state index is 12.3. The minimum atomic E-state index is -0.830. The first kappa shape index (κ1) is 7.42. The molecule has 0 aliphatic heterocycles. The summed E-state index contributed by atoms with van der Waals surface area (Å²) in [7, 11) is 0. The van der Waals surface area contributed by atoms with Crippen LogP contribution in [-0.2, 0) is 0 Å². The Hall–Kier alpha value is -1.69. The van der Waals surface area contributed by atoms with Crippen LogP contribution in [0, 0.1) is 11.3 Å². The fourth-order valence-electron chi connectivity index (χ4n) is 0.623. The highest BCUT2D eigenvalue weighted by Crippen LogP contribution is 2.02. The van der Waals surface area contributed by atoms with E-state index in [2.05, 4.69) is 4.98 Å². The predicted octanol–water partition coefficient (Wildman–Crippen LogP) is 1.92. The van der Waals surface area contributed by atoms with Crippen LogP contribution in [0.25, 0.3) is 6.08 Å². The van der Waals surface area contributed by atoms with E-state index in [1.54, 1.807) is 18.2 Å². The van der Waals surface area contributed by atoms with E-state index in [9.17, 15) is 4.39 Å². The minimum Gasteiger partial charge on any atom is -0.257 e. The lowest BCUT2D eigenvalue weighted by molar-refractivity contribution is 0.679. The molecule has 54 valence electrons. The lowest BCUT2D eigenvalue weighted by atomic mass is 10.3. The molecule has 0 atom stereocenters. The SMILES string of the molecule is N#C/C(F)=C\c1ccccn1. The number of nitriles is 1. The van der Waals surface area contributed by atoms with Gasteiger partial charge in [-0.05, 0) is 12.1 Å². The van der Waals surface area contributed by atoms with Crippen molar-refractivity contribution in [1.82, 2.24) is 4.98 Å². The molecule has 0 fully saturated rings. The van der Waals surface area contributed by atoms with E-state index in [1.165, 1.54) is 12.3 Å². The van der Waals surface area contributed by atoms with Gasteiger partial charge in [0, 0.05) is 12.3 Å². The van der Waals surface area contributed by atoms with Crippen molar-refractivity contribution in [3.05, 3.63) is 35.9 Å². The van der Waals surface area contributed by atoms with Crippen LogP contribution in [0.4, 0.5) is 4.39 Å². The molecule has 1 rings (SSSR count). The summed E-state index contributed by atoms with van der Waals surface area (Å²) in [5, 5.41) is 8.08. The van der Waals surface area contributed by atoms with E-state index in [0.717, 1.165) is 6.08 Å². The van der Waals surface area contributed by atoms with Crippen LogP contribution in [0.2, 0.25) is 0 Å². The van der Waals surface area contributed by atoms with Gasteiger partial charge in [-0.3, -0.25) is 4.98 Å². The molecule has 0 saturated carbocycles. The molecule has 1 aromatic rings. The maximum Gasteiger partial charge on any atom is 0.202 e. The molecule has 2 nitrogen and oxygen atoms in total.